The first kappa shape index (κ1) is 14.6. The Balaban J connectivity index is 2.29. The van der Waals surface area contributed by atoms with Crippen molar-refractivity contribution >= 4 is 0 Å². The summed E-state index contributed by atoms with van der Waals surface area (Å²) in [6.07, 6.45) is -3.36. The molecule has 17 heavy (non-hydrogen) atoms. The molecule has 0 radical (unpaired) electrons. The van der Waals surface area contributed by atoms with E-state index >= 15 is 0 Å². The van der Waals surface area contributed by atoms with Gasteiger partial charge in [0.25, 0.3) is 0 Å². The molecule has 0 aromatic heterocycles. The SMILES string of the molecule is CC(CN1CCCC1)NCC(F)(F)C(F)(F)F. The van der Waals surface area contributed by atoms with Gasteiger partial charge in [0.05, 0.1) is 6.54 Å². The summed E-state index contributed by atoms with van der Waals surface area (Å²) < 4.78 is 60.9. The number of nitrogens with zero attached hydrogens (tertiary/aromatic N) is 1. The molecule has 2 nitrogen and oxygen atoms in total. The average molecular weight is 260 g/mol. The Morgan fingerprint density at radius 1 is 1.12 bits per heavy atom. The van der Waals surface area contributed by atoms with Crippen molar-refractivity contribution in [2.75, 3.05) is 26.2 Å². The van der Waals surface area contributed by atoms with E-state index < -0.39 is 18.6 Å². The molecule has 0 aromatic rings. The lowest BCUT2D eigenvalue weighted by Gasteiger charge is -2.25. The third-order valence-electron chi connectivity index (χ3n) is 2.82. The van der Waals surface area contributed by atoms with E-state index in [-0.39, 0.29) is 6.04 Å². The van der Waals surface area contributed by atoms with Gasteiger partial charge in [0.1, 0.15) is 0 Å². The van der Waals surface area contributed by atoms with Crippen LogP contribution in [0.4, 0.5) is 22.0 Å². The fourth-order valence-electron chi connectivity index (χ4n) is 1.82. The van der Waals surface area contributed by atoms with E-state index in [0.29, 0.717) is 6.54 Å². The molecule has 1 fully saturated rings. The molecule has 1 atom stereocenters. The van der Waals surface area contributed by atoms with Gasteiger partial charge in [0.15, 0.2) is 0 Å². The zero-order valence-corrected chi connectivity index (χ0v) is 9.66. The molecule has 0 bridgehead atoms. The topological polar surface area (TPSA) is 15.3 Å². The van der Waals surface area contributed by atoms with E-state index in [1.54, 1.807) is 6.92 Å². The van der Waals surface area contributed by atoms with Gasteiger partial charge in [-0.2, -0.15) is 22.0 Å². The molecule has 1 aliphatic heterocycles. The zero-order valence-electron chi connectivity index (χ0n) is 9.66. The molecule has 0 amide bonds. The van der Waals surface area contributed by atoms with E-state index in [1.165, 1.54) is 0 Å². The quantitative estimate of drug-likeness (QED) is 0.763. The van der Waals surface area contributed by atoms with Crippen LogP contribution in [0, 0.1) is 0 Å². The van der Waals surface area contributed by atoms with Crippen LogP contribution in [0.3, 0.4) is 0 Å². The van der Waals surface area contributed by atoms with Crippen LogP contribution >= 0.6 is 0 Å². The predicted molar refractivity (Wildman–Crippen MR) is 54.1 cm³/mol. The van der Waals surface area contributed by atoms with Gasteiger partial charge in [-0.3, -0.25) is 0 Å². The number of hydrogen-bond donors (Lipinski definition) is 1. The third-order valence-corrected chi connectivity index (χ3v) is 2.82. The maximum Gasteiger partial charge on any atom is 0.454 e. The van der Waals surface area contributed by atoms with Crippen LogP contribution in [-0.4, -0.2) is 49.2 Å². The summed E-state index contributed by atoms with van der Waals surface area (Å²) in [5.74, 6) is -4.66. The third kappa shape index (κ3) is 4.39. The smallest absolute Gasteiger partial charge is 0.307 e. The summed E-state index contributed by atoms with van der Waals surface area (Å²) in [6, 6.07) is -0.374. The minimum absolute atomic E-state index is 0.374. The molecule has 1 rings (SSSR count). The molecular formula is C10H17F5N2. The van der Waals surface area contributed by atoms with Gasteiger partial charge in [0, 0.05) is 12.6 Å². The normalized spacial score (nSPS) is 20.8. The number of nitrogens with one attached hydrogen (secondary N) is 1. The van der Waals surface area contributed by atoms with Gasteiger partial charge in [-0.25, -0.2) is 0 Å². The second-order valence-corrected chi connectivity index (χ2v) is 4.49. The molecule has 1 N–H and O–H groups in total. The Morgan fingerprint density at radius 3 is 2.12 bits per heavy atom. The minimum atomic E-state index is -5.48. The number of hydrogen-bond acceptors (Lipinski definition) is 2. The molecular weight excluding hydrogens is 243 g/mol. The standard InChI is InChI=1S/C10H17F5N2/c1-8(6-17-4-2-3-5-17)16-7-9(11,12)10(13,14)15/h8,16H,2-7H2,1H3. The highest BCUT2D eigenvalue weighted by molar-refractivity contribution is 4.81. The minimum Gasteiger partial charge on any atom is -0.307 e. The van der Waals surface area contributed by atoms with Crippen LogP contribution in [-0.2, 0) is 0 Å². The molecule has 0 spiro atoms. The number of halogens is 5. The maximum absolute atomic E-state index is 12.6. The first-order chi connectivity index (χ1) is 7.72. The first-order valence-corrected chi connectivity index (χ1v) is 5.62. The molecule has 102 valence electrons. The number of rotatable bonds is 5. The highest BCUT2D eigenvalue weighted by atomic mass is 19.4. The Hall–Kier alpha value is -0.430. The van der Waals surface area contributed by atoms with Gasteiger partial charge in [-0.1, -0.05) is 0 Å². The Bertz CT molecular complexity index is 235. The van der Waals surface area contributed by atoms with Crippen LogP contribution in [0.2, 0.25) is 0 Å². The lowest BCUT2D eigenvalue weighted by Crippen LogP contribution is -2.49. The van der Waals surface area contributed by atoms with Crippen LogP contribution in [0.5, 0.6) is 0 Å². The highest BCUT2D eigenvalue weighted by Crippen LogP contribution is 2.34. The number of likely N-dealkylation sites (tertiary alicyclic amines) is 1. The van der Waals surface area contributed by atoms with Gasteiger partial charge in [-0.05, 0) is 32.9 Å². The van der Waals surface area contributed by atoms with Crippen molar-refractivity contribution < 1.29 is 22.0 Å². The summed E-state index contributed by atoms with van der Waals surface area (Å²) in [5, 5.41) is 2.24. The number of alkyl halides is 5. The van der Waals surface area contributed by atoms with Crippen LogP contribution in [0.15, 0.2) is 0 Å². The van der Waals surface area contributed by atoms with E-state index in [4.69, 9.17) is 0 Å². The first-order valence-electron chi connectivity index (χ1n) is 5.62. The fraction of sp³-hybridized carbons (Fsp3) is 1.00. The van der Waals surface area contributed by atoms with Gasteiger partial charge >= 0.3 is 12.1 Å². The second kappa shape index (κ2) is 5.48. The van der Waals surface area contributed by atoms with Crippen molar-refractivity contribution in [1.29, 1.82) is 0 Å². The zero-order chi connectivity index (χ0) is 13.1. The molecule has 0 aliphatic carbocycles. The largest absolute Gasteiger partial charge is 0.454 e. The van der Waals surface area contributed by atoms with Crippen molar-refractivity contribution in [2.45, 2.75) is 37.9 Å². The van der Waals surface area contributed by atoms with E-state index in [9.17, 15) is 22.0 Å². The van der Waals surface area contributed by atoms with Crippen molar-refractivity contribution in [3.05, 3.63) is 0 Å². The second-order valence-electron chi connectivity index (χ2n) is 4.49. The summed E-state index contributed by atoms with van der Waals surface area (Å²) >= 11 is 0. The van der Waals surface area contributed by atoms with Crippen LogP contribution in [0.1, 0.15) is 19.8 Å². The molecule has 0 aromatic carbocycles. The van der Waals surface area contributed by atoms with E-state index in [2.05, 4.69) is 10.2 Å². The van der Waals surface area contributed by atoms with Crippen LogP contribution < -0.4 is 5.32 Å². The lowest BCUT2D eigenvalue weighted by molar-refractivity contribution is -0.279. The molecule has 1 aliphatic rings. The fourth-order valence-corrected chi connectivity index (χ4v) is 1.82. The monoisotopic (exact) mass is 260 g/mol. The van der Waals surface area contributed by atoms with Crippen molar-refractivity contribution in [2.24, 2.45) is 0 Å². The van der Waals surface area contributed by atoms with Crippen molar-refractivity contribution in [3.8, 4) is 0 Å². The Morgan fingerprint density at radius 2 is 1.65 bits per heavy atom. The predicted octanol–water partition coefficient (Wildman–Crippen LogP) is 2.26. The molecule has 7 heteroatoms. The average Bonchev–Trinajstić information content (AvgIpc) is 2.66. The van der Waals surface area contributed by atoms with E-state index in [0.717, 1.165) is 25.9 Å². The highest BCUT2D eigenvalue weighted by Gasteiger charge is 2.57. The Kier molecular flexibility index (Phi) is 4.71. The molecule has 1 saturated heterocycles. The maximum atomic E-state index is 12.6. The summed E-state index contributed by atoms with van der Waals surface area (Å²) in [5.41, 5.74) is 0. The van der Waals surface area contributed by atoms with Gasteiger partial charge in [-0.15, -0.1) is 0 Å². The Labute approximate surface area is 97.2 Å². The molecule has 1 unspecified atom stereocenters. The summed E-state index contributed by atoms with van der Waals surface area (Å²) in [4.78, 5) is 2.06. The molecule has 1 heterocycles. The van der Waals surface area contributed by atoms with Gasteiger partial charge in [0.2, 0.25) is 0 Å². The van der Waals surface area contributed by atoms with Crippen molar-refractivity contribution in [3.63, 3.8) is 0 Å². The summed E-state index contributed by atoms with van der Waals surface area (Å²) in [6.45, 7) is 2.55. The molecule has 0 saturated carbocycles. The van der Waals surface area contributed by atoms with E-state index in [1.807, 2.05) is 0 Å². The lowest BCUT2D eigenvalue weighted by atomic mass is 10.2. The van der Waals surface area contributed by atoms with Crippen molar-refractivity contribution in [1.82, 2.24) is 10.2 Å². The summed E-state index contributed by atoms with van der Waals surface area (Å²) in [7, 11) is 0. The van der Waals surface area contributed by atoms with Crippen LogP contribution in [0.25, 0.3) is 0 Å². The van der Waals surface area contributed by atoms with Gasteiger partial charge < -0.3 is 10.2 Å².